The zero-order chi connectivity index (χ0) is 19.3. The van der Waals surface area contributed by atoms with Crippen molar-refractivity contribution in [1.82, 2.24) is 0 Å². The molecule has 1 aromatic carbocycles. The molecule has 5 nitrogen and oxygen atoms in total. The van der Waals surface area contributed by atoms with E-state index in [1.54, 1.807) is 30.4 Å². The molecule has 0 spiro atoms. The van der Waals surface area contributed by atoms with Gasteiger partial charge in [0.05, 0.1) is 5.56 Å². The third kappa shape index (κ3) is 2.85. The Bertz CT molecular complexity index is 1010. The van der Waals surface area contributed by atoms with Crippen LogP contribution < -0.4 is 0 Å². The molecule has 1 unspecified atom stereocenters. The average molecular weight is 492 g/mol. The lowest BCUT2D eigenvalue weighted by molar-refractivity contribution is -0.116. The van der Waals surface area contributed by atoms with Crippen LogP contribution in [0.5, 0.6) is 0 Å². The van der Waals surface area contributed by atoms with Gasteiger partial charge < -0.3 is 9.84 Å². The van der Waals surface area contributed by atoms with Gasteiger partial charge in [-0.15, -0.1) is 0 Å². The summed E-state index contributed by atoms with van der Waals surface area (Å²) in [4.78, 5) is 35.4. The zero-order valence-corrected chi connectivity index (χ0v) is 16.9. The summed E-state index contributed by atoms with van der Waals surface area (Å²) in [6.45, 7) is 0. The van der Waals surface area contributed by atoms with E-state index in [0.717, 1.165) is 0 Å². The number of ketones is 2. The third-order valence-electron chi connectivity index (χ3n) is 4.77. The molecule has 0 radical (unpaired) electrons. The molecule has 136 valence electrons. The number of carbonyl (C=O) groups excluding carboxylic acids is 2. The number of carboxylic acids is 1. The fourth-order valence-corrected chi connectivity index (χ4v) is 4.58. The van der Waals surface area contributed by atoms with E-state index in [0.29, 0.717) is 22.5 Å². The smallest absolute Gasteiger partial charge is 0.336 e. The molecule has 1 aromatic rings. The van der Waals surface area contributed by atoms with E-state index in [4.69, 9.17) is 4.74 Å². The predicted molar refractivity (Wildman–Crippen MR) is 106 cm³/mol. The molecular formula is C20H12Br2O5. The van der Waals surface area contributed by atoms with Crippen LogP contribution in [0.15, 0.2) is 64.4 Å². The molecule has 0 bridgehead atoms. The summed E-state index contributed by atoms with van der Waals surface area (Å²) >= 11 is 6.67. The number of hydrogen-bond acceptors (Lipinski definition) is 4. The predicted octanol–water partition coefficient (Wildman–Crippen LogP) is 3.80. The molecule has 0 aromatic heterocycles. The van der Waals surface area contributed by atoms with Gasteiger partial charge in [0.1, 0.15) is 21.2 Å². The number of alkyl halides is 1. The Hall–Kier alpha value is -2.25. The molecule has 0 fully saturated rings. The van der Waals surface area contributed by atoms with Crippen molar-refractivity contribution in [3.63, 3.8) is 0 Å². The van der Waals surface area contributed by atoms with Crippen molar-refractivity contribution >= 4 is 55.0 Å². The standard InChI is InChI=1S/C20H12Br2O5/c21-16-13(23)7-5-11-15(9-3-1-2-4-10(9)20(25)26)12-6-8-14(24)17(22)19(12)27-18(11)16/h1-8,11,16,18H,(H,25,26)/t11-,16?,18-/m0/s1. The van der Waals surface area contributed by atoms with Gasteiger partial charge in [0.2, 0.25) is 0 Å². The zero-order valence-electron chi connectivity index (χ0n) is 13.7. The molecule has 0 amide bonds. The van der Waals surface area contributed by atoms with Crippen LogP contribution in [-0.2, 0) is 14.3 Å². The molecule has 1 aliphatic heterocycles. The first-order valence-electron chi connectivity index (χ1n) is 8.12. The van der Waals surface area contributed by atoms with Crippen molar-refractivity contribution in [3.05, 3.63) is 75.5 Å². The van der Waals surface area contributed by atoms with E-state index in [1.807, 2.05) is 0 Å². The summed E-state index contributed by atoms with van der Waals surface area (Å²) < 4.78 is 6.30. The number of carboxylic acid groups (broad SMARTS) is 1. The molecule has 27 heavy (non-hydrogen) atoms. The van der Waals surface area contributed by atoms with Gasteiger partial charge >= 0.3 is 5.97 Å². The third-order valence-corrected chi connectivity index (χ3v) is 6.49. The van der Waals surface area contributed by atoms with Crippen molar-refractivity contribution in [2.45, 2.75) is 10.9 Å². The Morgan fingerprint density at radius 2 is 1.85 bits per heavy atom. The Morgan fingerprint density at radius 3 is 2.59 bits per heavy atom. The second kappa shape index (κ2) is 6.73. The molecule has 4 rings (SSSR count). The highest BCUT2D eigenvalue weighted by molar-refractivity contribution is 9.12. The molecule has 2 aliphatic carbocycles. The molecule has 1 N–H and O–H groups in total. The topological polar surface area (TPSA) is 80.7 Å². The Labute approximate surface area is 171 Å². The fourth-order valence-electron chi connectivity index (χ4n) is 3.55. The second-order valence-corrected chi connectivity index (χ2v) is 8.07. The normalized spacial score (nSPS) is 26.7. The number of rotatable bonds is 2. The van der Waals surface area contributed by atoms with Crippen LogP contribution in [0.1, 0.15) is 15.9 Å². The number of carbonyl (C=O) groups is 3. The van der Waals surface area contributed by atoms with Crippen LogP contribution in [0.4, 0.5) is 0 Å². The minimum absolute atomic E-state index is 0.139. The number of ether oxygens (including phenoxy) is 1. The SMILES string of the molecule is O=C1C=CC2=C(c3ccccc3C(=O)O)[C@@H]3C=CC(=O)C(Br)[C@H]3OC2=C1Br. The maximum Gasteiger partial charge on any atom is 0.336 e. The van der Waals surface area contributed by atoms with Crippen LogP contribution >= 0.6 is 31.9 Å². The molecule has 0 saturated carbocycles. The first kappa shape index (κ1) is 18.1. The highest BCUT2D eigenvalue weighted by Gasteiger charge is 2.44. The van der Waals surface area contributed by atoms with Crippen molar-refractivity contribution in [1.29, 1.82) is 0 Å². The average Bonchev–Trinajstić information content (AvgIpc) is 2.66. The molecule has 7 heteroatoms. The molecule has 0 saturated heterocycles. The van der Waals surface area contributed by atoms with Gasteiger partial charge in [0.25, 0.3) is 0 Å². The molecule has 3 atom stereocenters. The maximum absolute atomic E-state index is 12.1. The van der Waals surface area contributed by atoms with Gasteiger partial charge in [-0.3, -0.25) is 9.59 Å². The lowest BCUT2D eigenvalue weighted by Crippen LogP contribution is -2.43. The minimum atomic E-state index is -1.05. The monoisotopic (exact) mass is 490 g/mol. The lowest BCUT2D eigenvalue weighted by atomic mass is 9.76. The van der Waals surface area contributed by atoms with E-state index in [-0.39, 0.29) is 27.5 Å². The summed E-state index contributed by atoms with van der Waals surface area (Å²) in [6.07, 6.45) is 5.68. The number of fused-ring (bicyclic) bond motifs is 2. The molecular weight excluding hydrogens is 480 g/mol. The van der Waals surface area contributed by atoms with Gasteiger partial charge in [-0.2, -0.15) is 0 Å². The number of halogens is 2. The van der Waals surface area contributed by atoms with E-state index >= 15 is 0 Å². The number of allylic oxidation sites excluding steroid dienone is 4. The van der Waals surface area contributed by atoms with Crippen LogP contribution in [0.2, 0.25) is 0 Å². The van der Waals surface area contributed by atoms with Crippen molar-refractivity contribution < 1.29 is 24.2 Å². The largest absolute Gasteiger partial charge is 0.486 e. The number of hydrogen-bond donors (Lipinski definition) is 1. The highest BCUT2D eigenvalue weighted by Crippen LogP contribution is 2.47. The van der Waals surface area contributed by atoms with E-state index in [2.05, 4.69) is 31.9 Å². The summed E-state index contributed by atoms with van der Waals surface area (Å²) in [5.74, 6) is -1.45. The van der Waals surface area contributed by atoms with Crippen LogP contribution in [0.25, 0.3) is 5.57 Å². The van der Waals surface area contributed by atoms with Crippen LogP contribution in [0.3, 0.4) is 0 Å². The Morgan fingerprint density at radius 1 is 1.11 bits per heavy atom. The Balaban J connectivity index is 2.04. The van der Waals surface area contributed by atoms with Gasteiger partial charge in [0.15, 0.2) is 11.6 Å². The van der Waals surface area contributed by atoms with Crippen molar-refractivity contribution in [2.24, 2.45) is 5.92 Å². The van der Waals surface area contributed by atoms with Gasteiger partial charge in [-0.25, -0.2) is 4.79 Å². The van der Waals surface area contributed by atoms with Crippen LogP contribution in [-0.4, -0.2) is 33.6 Å². The van der Waals surface area contributed by atoms with E-state index < -0.39 is 16.9 Å². The second-order valence-electron chi connectivity index (χ2n) is 6.29. The van der Waals surface area contributed by atoms with Gasteiger partial charge in [0, 0.05) is 11.5 Å². The maximum atomic E-state index is 12.1. The molecule has 1 heterocycles. The first-order chi connectivity index (χ1) is 12.9. The highest BCUT2D eigenvalue weighted by atomic mass is 79.9. The lowest BCUT2D eigenvalue weighted by Gasteiger charge is -2.40. The van der Waals surface area contributed by atoms with Crippen LogP contribution in [0, 0.1) is 5.92 Å². The van der Waals surface area contributed by atoms with Crippen molar-refractivity contribution in [2.75, 3.05) is 0 Å². The summed E-state index contributed by atoms with van der Waals surface area (Å²) in [5, 5.41) is 9.65. The number of aromatic carboxylic acids is 1. The quantitative estimate of drug-likeness (QED) is 0.636. The van der Waals surface area contributed by atoms with E-state index in [9.17, 15) is 19.5 Å². The Kier molecular flexibility index (Phi) is 4.52. The summed E-state index contributed by atoms with van der Waals surface area (Å²) in [5.41, 5.74) is 2.04. The van der Waals surface area contributed by atoms with E-state index in [1.165, 1.54) is 18.2 Å². The summed E-state index contributed by atoms with van der Waals surface area (Å²) in [7, 11) is 0. The first-order valence-corrected chi connectivity index (χ1v) is 9.83. The van der Waals surface area contributed by atoms with Gasteiger partial charge in [-0.05, 0) is 51.4 Å². The number of benzene rings is 1. The van der Waals surface area contributed by atoms with Gasteiger partial charge in [-0.1, -0.05) is 40.2 Å². The fraction of sp³-hybridized carbons (Fsp3) is 0.150. The summed E-state index contributed by atoms with van der Waals surface area (Å²) in [6, 6.07) is 6.70. The molecule has 3 aliphatic rings. The van der Waals surface area contributed by atoms with Crippen molar-refractivity contribution in [3.8, 4) is 0 Å². The minimum Gasteiger partial charge on any atom is -0.486 e.